The lowest BCUT2D eigenvalue weighted by molar-refractivity contribution is -0.121. The van der Waals surface area contributed by atoms with Gasteiger partial charge in [0, 0.05) is 19.1 Å². The number of nitrogens with zero attached hydrogens (tertiary/aromatic N) is 1. The molecule has 2 atom stereocenters. The quantitative estimate of drug-likeness (QED) is 0.856. The molecule has 26 heavy (non-hydrogen) atoms. The average molecular weight is 379 g/mol. The minimum absolute atomic E-state index is 0.0235. The summed E-state index contributed by atoms with van der Waals surface area (Å²) < 4.78 is 26.9. The van der Waals surface area contributed by atoms with Gasteiger partial charge >= 0.3 is 0 Å². The second-order valence-electron chi connectivity index (χ2n) is 7.72. The van der Waals surface area contributed by atoms with Crippen LogP contribution in [0.15, 0.2) is 29.2 Å². The minimum Gasteiger partial charge on any atom is -0.353 e. The van der Waals surface area contributed by atoms with E-state index in [4.69, 9.17) is 0 Å². The zero-order valence-electron chi connectivity index (χ0n) is 15.6. The molecule has 0 bridgehead atoms. The molecule has 1 aromatic carbocycles. The zero-order chi connectivity index (χ0) is 18.6. The van der Waals surface area contributed by atoms with Crippen LogP contribution in [0.5, 0.6) is 0 Å². The molecule has 0 radical (unpaired) electrons. The van der Waals surface area contributed by atoms with Gasteiger partial charge in [0.25, 0.3) is 0 Å². The van der Waals surface area contributed by atoms with Crippen LogP contribution in [0.4, 0.5) is 0 Å². The third-order valence-corrected chi connectivity index (χ3v) is 7.61. The number of carbonyl (C=O) groups is 1. The van der Waals surface area contributed by atoms with E-state index in [1.165, 1.54) is 19.3 Å². The Morgan fingerprint density at radius 3 is 2.35 bits per heavy atom. The van der Waals surface area contributed by atoms with Crippen LogP contribution < -0.4 is 5.32 Å². The van der Waals surface area contributed by atoms with Gasteiger partial charge in [-0.3, -0.25) is 4.79 Å². The van der Waals surface area contributed by atoms with Crippen LogP contribution in [0.3, 0.4) is 0 Å². The topological polar surface area (TPSA) is 66.5 Å². The van der Waals surface area contributed by atoms with Crippen molar-refractivity contribution in [2.75, 3.05) is 13.1 Å². The molecular formula is C20H30N2O3S. The van der Waals surface area contributed by atoms with Gasteiger partial charge in [-0.1, -0.05) is 38.3 Å². The van der Waals surface area contributed by atoms with Crippen molar-refractivity contribution in [3.05, 3.63) is 29.8 Å². The summed E-state index contributed by atoms with van der Waals surface area (Å²) >= 11 is 0. The van der Waals surface area contributed by atoms with Crippen LogP contribution in [-0.2, 0) is 21.2 Å². The molecule has 1 aliphatic heterocycles. The first kappa shape index (κ1) is 19.4. The van der Waals surface area contributed by atoms with Crippen LogP contribution in [0.25, 0.3) is 0 Å². The molecule has 1 aliphatic carbocycles. The molecule has 1 saturated heterocycles. The van der Waals surface area contributed by atoms with Crippen LogP contribution >= 0.6 is 0 Å². The Labute approximate surface area is 157 Å². The molecule has 6 heteroatoms. The molecule has 1 heterocycles. The molecule has 0 unspecified atom stereocenters. The molecular weight excluding hydrogens is 348 g/mol. The van der Waals surface area contributed by atoms with Crippen molar-refractivity contribution in [2.24, 2.45) is 5.92 Å². The van der Waals surface area contributed by atoms with E-state index in [0.717, 1.165) is 31.2 Å². The lowest BCUT2D eigenvalue weighted by atomic mass is 9.86. The van der Waals surface area contributed by atoms with Gasteiger partial charge in [0.05, 0.1) is 11.3 Å². The number of hydrogen-bond donors (Lipinski definition) is 1. The lowest BCUT2D eigenvalue weighted by Crippen LogP contribution is -2.41. The van der Waals surface area contributed by atoms with Crippen molar-refractivity contribution in [1.82, 2.24) is 9.62 Å². The highest BCUT2D eigenvalue weighted by atomic mass is 32.2. The van der Waals surface area contributed by atoms with Gasteiger partial charge in [-0.25, -0.2) is 8.42 Å². The number of piperidine rings is 1. The van der Waals surface area contributed by atoms with Crippen LogP contribution in [0.2, 0.25) is 0 Å². The van der Waals surface area contributed by atoms with Crippen molar-refractivity contribution in [1.29, 1.82) is 0 Å². The van der Waals surface area contributed by atoms with Crippen molar-refractivity contribution in [2.45, 2.75) is 69.2 Å². The van der Waals surface area contributed by atoms with Crippen molar-refractivity contribution >= 4 is 15.9 Å². The first-order chi connectivity index (χ1) is 12.5. The van der Waals surface area contributed by atoms with E-state index >= 15 is 0 Å². The number of hydrogen-bond acceptors (Lipinski definition) is 3. The highest BCUT2D eigenvalue weighted by Crippen LogP contribution is 2.24. The summed E-state index contributed by atoms with van der Waals surface area (Å²) in [5.41, 5.74) is 0.851. The Morgan fingerprint density at radius 1 is 1.04 bits per heavy atom. The highest BCUT2D eigenvalue weighted by Gasteiger charge is 2.26. The number of amides is 1. The van der Waals surface area contributed by atoms with Crippen molar-refractivity contribution in [3.8, 4) is 0 Å². The number of nitrogens with one attached hydrogen (secondary N) is 1. The van der Waals surface area contributed by atoms with E-state index in [1.807, 2.05) is 0 Å². The molecule has 2 aliphatic rings. The fourth-order valence-electron chi connectivity index (χ4n) is 4.01. The summed E-state index contributed by atoms with van der Waals surface area (Å²) in [4.78, 5) is 12.6. The van der Waals surface area contributed by atoms with Gasteiger partial charge in [-0.2, -0.15) is 4.31 Å². The standard InChI is InChI=1S/C20H30N2O3S/c1-16-7-3-4-8-19(16)21-20(23)15-17-9-11-18(12-10-17)26(24,25)22-13-5-2-6-14-22/h9-12,16,19H,2-8,13-15H2,1H3,(H,21,23)/t16-,19-/m1/s1. The normalized spacial score (nSPS) is 25.0. The SMILES string of the molecule is C[C@@H]1CCCC[C@H]1NC(=O)Cc1ccc(S(=O)(=O)N2CCCCC2)cc1. The molecule has 1 saturated carbocycles. The number of benzene rings is 1. The third kappa shape index (κ3) is 4.65. The maximum absolute atomic E-state index is 12.7. The van der Waals surface area contributed by atoms with Crippen LogP contribution in [-0.4, -0.2) is 37.8 Å². The first-order valence-electron chi connectivity index (χ1n) is 9.85. The van der Waals surface area contributed by atoms with Crippen molar-refractivity contribution < 1.29 is 13.2 Å². The summed E-state index contributed by atoms with van der Waals surface area (Å²) in [7, 11) is -3.40. The zero-order valence-corrected chi connectivity index (χ0v) is 16.4. The van der Waals surface area contributed by atoms with Gasteiger partial charge in [0.1, 0.15) is 0 Å². The molecule has 3 rings (SSSR count). The number of rotatable bonds is 5. The third-order valence-electron chi connectivity index (χ3n) is 5.70. The highest BCUT2D eigenvalue weighted by molar-refractivity contribution is 7.89. The molecule has 1 aromatic rings. The lowest BCUT2D eigenvalue weighted by Gasteiger charge is -2.29. The Bertz CT molecular complexity index is 709. The largest absolute Gasteiger partial charge is 0.353 e. The molecule has 1 N–H and O–H groups in total. The van der Waals surface area contributed by atoms with Gasteiger partial charge in [0.15, 0.2) is 0 Å². The smallest absolute Gasteiger partial charge is 0.243 e. The second kappa shape index (κ2) is 8.53. The summed E-state index contributed by atoms with van der Waals surface area (Å²) in [6.07, 6.45) is 7.91. The Hall–Kier alpha value is -1.40. The molecule has 144 valence electrons. The van der Waals surface area contributed by atoms with Crippen LogP contribution in [0, 0.1) is 5.92 Å². The number of sulfonamides is 1. The van der Waals surface area contributed by atoms with E-state index in [0.29, 0.717) is 30.3 Å². The summed E-state index contributed by atoms with van der Waals surface area (Å²) in [6.45, 7) is 3.41. The minimum atomic E-state index is -3.40. The predicted octanol–water partition coefficient (Wildman–Crippen LogP) is 3.10. The summed E-state index contributed by atoms with van der Waals surface area (Å²) in [5, 5.41) is 3.15. The van der Waals surface area contributed by atoms with Gasteiger partial charge < -0.3 is 5.32 Å². The van der Waals surface area contributed by atoms with Gasteiger partial charge in [0.2, 0.25) is 15.9 Å². The molecule has 0 aromatic heterocycles. The maximum atomic E-state index is 12.7. The average Bonchev–Trinajstić information content (AvgIpc) is 2.65. The van der Waals surface area contributed by atoms with Crippen LogP contribution in [0.1, 0.15) is 57.4 Å². The van der Waals surface area contributed by atoms with E-state index < -0.39 is 10.0 Å². The Morgan fingerprint density at radius 2 is 1.69 bits per heavy atom. The van der Waals surface area contributed by atoms with Crippen molar-refractivity contribution in [3.63, 3.8) is 0 Å². The van der Waals surface area contributed by atoms with E-state index in [1.54, 1.807) is 28.6 Å². The number of carbonyl (C=O) groups excluding carboxylic acids is 1. The van der Waals surface area contributed by atoms with Gasteiger partial charge in [-0.15, -0.1) is 0 Å². The van der Waals surface area contributed by atoms with Gasteiger partial charge in [-0.05, 0) is 49.3 Å². The Kier molecular flexibility index (Phi) is 6.35. The molecule has 2 fully saturated rings. The maximum Gasteiger partial charge on any atom is 0.243 e. The first-order valence-corrected chi connectivity index (χ1v) is 11.3. The summed E-state index contributed by atoms with van der Waals surface area (Å²) in [6, 6.07) is 7.07. The molecule has 0 spiro atoms. The Balaban J connectivity index is 1.59. The van der Waals surface area contributed by atoms with E-state index in [-0.39, 0.29) is 11.9 Å². The predicted molar refractivity (Wildman–Crippen MR) is 102 cm³/mol. The molecule has 5 nitrogen and oxygen atoms in total. The fraction of sp³-hybridized carbons (Fsp3) is 0.650. The van der Waals surface area contributed by atoms with E-state index in [9.17, 15) is 13.2 Å². The summed E-state index contributed by atoms with van der Waals surface area (Å²) in [5.74, 6) is 0.556. The fourth-order valence-corrected chi connectivity index (χ4v) is 5.52. The molecule has 1 amide bonds. The monoisotopic (exact) mass is 378 g/mol. The second-order valence-corrected chi connectivity index (χ2v) is 9.66. The van der Waals surface area contributed by atoms with E-state index in [2.05, 4.69) is 12.2 Å².